The predicted octanol–water partition coefficient (Wildman–Crippen LogP) is 17.9. The van der Waals surface area contributed by atoms with Crippen LogP contribution in [-0.2, 0) is 16.5 Å². The standard InChI is InChI=1S/C33H47N3.2C10H21.Ni/c1-6-8-9-10-11-12-13-14-15-16-20-31-27(4)32(29-18-17-19-30(25-29)35(5)7-2)36(34)33(31)28-23-21-26(3)22-24-28;2*1-3-5-7-9-10-8-6-4-2;/h17-19,21-25H,6-16,20H2,1-5H3;2*1,3-10H2,2H3;/q;2*-1;+2. The summed E-state index contributed by atoms with van der Waals surface area (Å²) in [6.07, 6.45) is 36.2. The molecule has 3 nitrogen and oxygen atoms in total. The molecule has 0 bridgehead atoms. The third kappa shape index (κ3) is 23.9. The molecule has 0 aliphatic carbocycles. The summed E-state index contributed by atoms with van der Waals surface area (Å²) in [6.45, 7) is 21.8. The first-order valence-electron chi connectivity index (χ1n) is 23.7. The first-order valence-corrected chi connectivity index (χ1v) is 23.7. The molecule has 0 amide bonds. The van der Waals surface area contributed by atoms with Gasteiger partial charge >= 0.3 is 16.5 Å². The normalized spacial score (nSPS) is 12.3. The number of hydrogen-bond donors (Lipinski definition) is 0. The van der Waals surface area contributed by atoms with Gasteiger partial charge in [-0.1, -0.05) is 192 Å². The second kappa shape index (κ2) is 36.9. The Morgan fingerprint density at radius 3 is 1.37 bits per heavy atom. The van der Waals surface area contributed by atoms with E-state index in [0.29, 0.717) is 0 Å². The molecule has 0 atom stereocenters. The van der Waals surface area contributed by atoms with Crippen LogP contribution in [0, 0.1) is 20.8 Å². The van der Waals surface area contributed by atoms with Crippen molar-refractivity contribution in [2.24, 2.45) is 0 Å². The molecule has 0 saturated carbocycles. The minimum absolute atomic E-state index is 0. The SMILES string of the molecule is CCCCCCCCCCCCC1=C(c2ccc(C)cc2)[N+](=[N-])C(c2cccc(N(C)CC)c2)=C1C.[CH2-]CCCCCCCCC.[CH2-]CCCCCCCCC.[Ni+2]. The van der Waals surface area contributed by atoms with Gasteiger partial charge in [-0.05, 0) is 63.9 Å². The number of rotatable bonds is 29. The molecule has 0 aromatic heterocycles. The van der Waals surface area contributed by atoms with Gasteiger partial charge in [-0.3, -0.25) is 0 Å². The molecule has 4 heteroatoms. The topological polar surface area (TPSA) is 28.6 Å². The summed E-state index contributed by atoms with van der Waals surface area (Å²) >= 11 is 0. The van der Waals surface area contributed by atoms with Gasteiger partial charge in [0.25, 0.3) is 0 Å². The zero-order chi connectivity index (χ0) is 41.2. The van der Waals surface area contributed by atoms with Crippen LogP contribution in [0.4, 0.5) is 5.69 Å². The maximum absolute atomic E-state index is 11.5. The number of unbranched alkanes of at least 4 members (excludes halogenated alkanes) is 23. The third-order valence-electron chi connectivity index (χ3n) is 11.4. The first-order chi connectivity index (χ1) is 27.3. The Kier molecular flexibility index (Phi) is 35.4. The van der Waals surface area contributed by atoms with Gasteiger partial charge in [0.1, 0.15) is 0 Å². The molecule has 0 fully saturated rings. The first kappa shape index (κ1) is 54.8. The number of allylic oxidation sites excluding steroid dienone is 2. The molecule has 2 aromatic rings. The zero-order valence-electron chi connectivity index (χ0n) is 38.5. The Labute approximate surface area is 365 Å². The van der Waals surface area contributed by atoms with Crippen LogP contribution >= 0.6 is 0 Å². The summed E-state index contributed by atoms with van der Waals surface area (Å²) < 4.78 is 1.46. The molecule has 57 heavy (non-hydrogen) atoms. The van der Waals surface area contributed by atoms with E-state index < -0.39 is 0 Å². The minimum Gasteiger partial charge on any atom is -0.493 e. The van der Waals surface area contributed by atoms with E-state index in [2.05, 4.69) is 116 Å². The van der Waals surface area contributed by atoms with Crippen molar-refractivity contribution in [1.82, 2.24) is 0 Å². The van der Waals surface area contributed by atoms with E-state index in [1.807, 2.05) is 0 Å². The summed E-state index contributed by atoms with van der Waals surface area (Å²) in [6, 6.07) is 17.1. The second-order valence-electron chi connectivity index (χ2n) is 16.4. The minimum atomic E-state index is 0. The van der Waals surface area contributed by atoms with Crippen LogP contribution in [0.15, 0.2) is 59.7 Å². The van der Waals surface area contributed by atoms with Gasteiger partial charge in [-0.25, -0.2) is 4.70 Å². The van der Waals surface area contributed by atoms with E-state index in [4.69, 9.17) is 0 Å². The average molecular weight is 827 g/mol. The maximum atomic E-state index is 11.5. The number of aryl methyl sites for hydroxylation is 1. The fourth-order valence-electron chi connectivity index (χ4n) is 7.50. The molecule has 0 radical (unpaired) electrons. The summed E-state index contributed by atoms with van der Waals surface area (Å²) in [5.41, 5.74) is 20.4. The Morgan fingerprint density at radius 2 is 0.947 bits per heavy atom. The summed E-state index contributed by atoms with van der Waals surface area (Å²) in [5, 5.41) is 0. The quantitative estimate of drug-likeness (QED) is 0.0348. The molecule has 1 aliphatic rings. The summed E-state index contributed by atoms with van der Waals surface area (Å²) in [5.74, 6) is 0. The monoisotopic (exact) mass is 826 g/mol. The van der Waals surface area contributed by atoms with Crippen molar-refractivity contribution in [3.05, 3.63) is 95.7 Å². The molecule has 1 aliphatic heterocycles. The Morgan fingerprint density at radius 1 is 0.526 bits per heavy atom. The van der Waals surface area contributed by atoms with E-state index in [9.17, 15) is 5.53 Å². The number of benzene rings is 2. The fraction of sp³-hybridized carbons (Fsp3) is 0.660. The van der Waals surface area contributed by atoms with Gasteiger partial charge in [-0.2, -0.15) is 12.8 Å². The van der Waals surface area contributed by atoms with Crippen LogP contribution in [-0.4, -0.2) is 18.3 Å². The van der Waals surface area contributed by atoms with E-state index in [1.54, 1.807) is 0 Å². The van der Waals surface area contributed by atoms with Crippen LogP contribution < -0.4 is 4.90 Å². The Bertz CT molecular complexity index is 1290. The average Bonchev–Trinajstić information content (AvgIpc) is 3.46. The molecule has 0 spiro atoms. The molecule has 0 N–H and O–H groups in total. The molecule has 326 valence electrons. The summed E-state index contributed by atoms with van der Waals surface area (Å²) in [4.78, 5) is 2.23. The van der Waals surface area contributed by atoms with Crippen LogP contribution in [0.3, 0.4) is 0 Å². The Hall–Kier alpha value is -2.19. The van der Waals surface area contributed by atoms with Crippen molar-refractivity contribution < 1.29 is 21.2 Å². The van der Waals surface area contributed by atoms with Crippen molar-refractivity contribution in [2.75, 3.05) is 18.5 Å². The van der Waals surface area contributed by atoms with E-state index >= 15 is 0 Å². The third-order valence-corrected chi connectivity index (χ3v) is 11.4. The van der Waals surface area contributed by atoms with Crippen molar-refractivity contribution in [3.63, 3.8) is 0 Å². The van der Waals surface area contributed by atoms with Gasteiger partial charge in [0.15, 0.2) is 0 Å². The molecule has 1 heterocycles. The van der Waals surface area contributed by atoms with Crippen LogP contribution in [0.5, 0.6) is 0 Å². The van der Waals surface area contributed by atoms with Gasteiger partial charge < -0.3 is 24.3 Å². The molecule has 2 aromatic carbocycles. The van der Waals surface area contributed by atoms with Gasteiger partial charge in [0.2, 0.25) is 11.4 Å². The van der Waals surface area contributed by atoms with Gasteiger partial charge in [0.05, 0.1) is 0 Å². The molecular weight excluding hydrogens is 737 g/mol. The van der Waals surface area contributed by atoms with Crippen molar-refractivity contribution in [1.29, 1.82) is 0 Å². The van der Waals surface area contributed by atoms with Crippen molar-refractivity contribution in [2.45, 2.75) is 215 Å². The smallest absolute Gasteiger partial charge is 0.493 e. The largest absolute Gasteiger partial charge is 2.00 e. The number of nitrogens with zero attached hydrogens (tertiary/aromatic N) is 3. The second-order valence-corrected chi connectivity index (χ2v) is 16.4. The maximum Gasteiger partial charge on any atom is 2.00 e. The molecular formula is C53H89N3Ni. The molecule has 0 saturated heterocycles. The van der Waals surface area contributed by atoms with Crippen LogP contribution in [0.25, 0.3) is 16.9 Å². The van der Waals surface area contributed by atoms with Crippen LogP contribution in [0.1, 0.15) is 225 Å². The molecule has 0 unspecified atom stereocenters. The van der Waals surface area contributed by atoms with Crippen LogP contribution in [0.2, 0.25) is 0 Å². The van der Waals surface area contributed by atoms with Crippen molar-refractivity contribution >= 4 is 17.1 Å². The van der Waals surface area contributed by atoms with Gasteiger partial charge in [0, 0.05) is 41.6 Å². The fourth-order valence-corrected chi connectivity index (χ4v) is 7.50. The van der Waals surface area contributed by atoms with Gasteiger partial charge in [-0.15, -0.1) is 0 Å². The zero-order valence-corrected chi connectivity index (χ0v) is 39.5. The van der Waals surface area contributed by atoms with E-state index in [1.165, 1.54) is 175 Å². The number of anilines is 1. The number of hydrogen-bond acceptors (Lipinski definition) is 1. The van der Waals surface area contributed by atoms with Crippen molar-refractivity contribution in [3.8, 4) is 0 Å². The Balaban J connectivity index is 0.00000123. The predicted molar refractivity (Wildman–Crippen MR) is 252 cm³/mol. The summed E-state index contributed by atoms with van der Waals surface area (Å²) in [7, 11) is 2.11. The van der Waals surface area contributed by atoms with E-state index in [0.717, 1.165) is 54.7 Å². The van der Waals surface area contributed by atoms with E-state index in [-0.39, 0.29) is 16.5 Å². The molecule has 3 rings (SSSR count).